The number of halogens is 1. The first kappa shape index (κ1) is 14.5. The Morgan fingerprint density at radius 2 is 2.10 bits per heavy atom. The molecule has 1 saturated heterocycles. The van der Waals surface area contributed by atoms with Gasteiger partial charge in [0.15, 0.2) is 0 Å². The van der Waals surface area contributed by atoms with Gasteiger partial charge in [-0.2, -0.15) is 0 Å². The number of nitrogens with one attached hydrogen (secondary N) is 1. The summed E-state index contributed by atoms with van der Waals surface area (Å²) in [5, 5.41) is 4.37. The summed E-state index contributed by atoms with van der Waals surface area (Å²) >= 11 is 5.94. The molecule has 110 valence electrons. The minimum atomic E-state index is 0.121. The van der Waals surface area contributed by atoms with Gasteiger partial charge in [0.25, 0.3) is 0 Å². The fourth-order valence-corrected chi connectivity index (χ4v) is 2.85. The molecule has 1 aromatic carbocycles. The molecule has 2 atom stereocenters. The van der Waals surface area contributed by atoms with Crippen molar-refractivity contribution >= 4 is 11.6 Å². The third-order valence-electron chi connectivity index (χ3n) is 3.83. The molecule has 0 spiro atoms. The van der Waals surface area contributed by atoms with Gasteiger partial charge in [-0.15, -0.1) is 0 Å². The fourth-order valence-electron chi connectivity index (χ4n) is 2.73. The zero-order valence-electron chi connectivity index (χ0n) is 11.8. The molecule has 21 heavy (non-hydrogen) atoms. The van der Waals surface area contributed by atoms with Gasteiger partial charge >= 0.3 is 0 Å². The van der Waals surface area contributed by atoms with Gasteiger partial charge in [0.2, 0.25) is 0 Å². The summed E-state index contributed by atoms with van der Waals surface area (Å²) in [6.45, 7) is 1.74. The summed E-state index contributed by atoms with van der Waals surface area (Å²) in [5.74, 6) is 0. The summed E-state index contributed by atoms with van der Waals surface area (Å²) < 4.78 is 5.88. The van der Waals surface area contributed by atoms with Crippen molar-refractivity contribution in [2.24, 2.45) is 0 Å². The predicted octanol–water partition coefficient (Wildman–Crippen LogP) is 3.40. The number of benzene rings is 1. The molecule has 0 aliphatic carbocycles. The number of hydrogen-bond donors (Lipinski definition) is 1. The van der Waals surface area contributed by atoms with Crippen LogP contribution in [0.4, 0.5) is 0 Å². The molecule has 1 aliphatic heterocycles. The van der Waals surface area contributed by atoms with E-state index >= 15 is 0 Å². The Hall–Kier alpha value is -1.42. The van der Waals surface area contributed by atoms with Crippen molar-refractivity contribution in [1.29, 1.82) is 0 Å². The first-order chi connectivity index (χ1) is 10.3. The van der Waals surface area contributed by atoms with Crippen LogP contribution in [0.1, 0.15) is 23.7 Å². The molecule has 2 heterocycles. The first-order valence-corrected chi connectivity index (χ1v) is 7.70. The largest absolute Gasteiger partial charge is 0.372 e. The maximum Gasteiger partial charge on any atom is 0.0978 e. The molecule has 0 amide bonds. The number of rotatable bonds is 5. The molecule has 3 nitrogen and oxygen atoms in total. The van der Waals surface area contributed by atoms with E-state index < -0.39 is 0 Å². The Balaban J connectivity index is 1.56. The number of pyridine rings is 1. The van der Waals surface area contributed by atoms with Gasteiger partial charge < -0.3 is 10.1 Å². The fraction of sp³-hybridized carbons (Fsp3) is 0.353. The standard InChI is InChI=1S/C17H19ClN2O/c18-15-5-3-14(4-6-15)17-16(8-11-21-17)20-10-7-13-2-1-9-19-12-13/h1-6,9,12,16-17,20H,7-8,10-11H2/t16-,17-/m0/s1. The minimum absolute atomic E-state index is 0.121. The molecule has 1 fully saturated rings. The average molecular weight is 303 g/mol. The van der Waals surface area contributed by atoms with Crippen molar-refractivity contribution < 1.29 is 4.74 Å². The molecule has 0 bridgehead atoms. The molecular weight excluding hydrogens is 284 g/mol. The van der Waals surface area contributed by atoms with E-state index in [0.29, 0.717) is 6.04 Å². The number of ether oxygens (including phenoxy) is 1. The second-order valence-electron chi connectivity index (χ2n) is 5.30. The molecule has 4 heteroatoms. The van der Waals surface area contributed by atoms with Crippen LogP contribution in [0.3, 0.4) is 0 Å². The highest BCUT2D eigenvalue weighted by atomic mass is 35.5. The molecule has 0 saturated carbocycles. The maximum absolute atomic E-state index is 5.94. The van der Waals surface area contributed by atoms with E-state index in [1.807, 2.05) is 36.5 Å². The minimum Gasteiger partial charge on any atom is -0.372 e. The van der Waals surface area contributed by atoms with Gasteiger partial charge in [-0.05, 0) is 48.7 Å². The van der Waals surface area contributed by atoms with Crippen molar-refractivity contribution in [3.05, 3.63) is 64.9 Å². The Kier molecular flexibility index (Phi) is 4.86. The van der Waals surface area contributed by atoms with Gasteiger partial charge in [-0.3, -0.25) is 4.98 Å². The van der Waals surface area contributed by atoms with E-state index in [1.54, 1.807) is 6.20 Å². The highest BCUT2D eigenvalue weighted by Gasteiger charge is 2.28. The van der Waals surface area contributed by atoms with Crippen LogP contribution in [0.15, 0.2) is 48.8 Å². The topological polar surface area (TPSA) is 34.1 Å². The molecule has 1 aliphatic rings. The lowest BCUT2D eigenvalue weighted by molar-refractivity contribution is 0.0989. The van der Waals surface area contributed by atoms with E-state index in [0.717, 1.165) is 31.0 Å². The summed E-state index contributed by atoms with van der Waals surface area (Å²) in [7, 11) is 0. The van der Waals surface area contributed by atoms with Crippen LogP contribution < -0.4 is 5.32 Å². The Labute approximate surface area is 130 Å². The van der Waals surface area contributed by atoms with Crippen molar-refractivity contribution in [3.8, 4) is 0 Å². The summed E-state index contributed by atoms with van der Waals surface area (Å²) in [6, 6.07) is 12.4. The third-order valence-corrected chi connectivity index (χ3v) is 4.09. The Bertz CT molecular complexity index is 559. The Morgan fingerprint density at radius 3 is 2.86 bits per heavy atom. The van der Waals surface area contributed by atoms with E-state index in [9.17, 15) is 0 Å². The van der Waals surface area contributed by atoms with Gasteiger partial charge in [-0.25, -0.2) is 0 Å². The van der Waals surface area contributed by atoms with E-state index in [1.165, 1.54) is 11.1 Å². The van der Waals surface area contributed by atoms with Crippen LogP contribution in [0.5, 0.6) is 0 Å². The molecule has 3 rings (SSSR count). The smallest absolute Gasteiger partial charge is 0.0978 e. The second-order valence-corrected chi connectivity index (χ2v) is 5.74. The lowest BCUT2D eigenvalue weighted by Crippen LogP contribution is -2.33. The van der Waals surface area contributed by atoms with Crippen molar-refractivity contribution in [2.45, 2.75) is 25.0 Å². The summed E-state index contributed by atoms with van der Waals surface area (Å²) in [4.78, 5) is 4.14. The number of nitrogens with zero attached hydrogens (tertiary/aromatic N) is 1. The van der Waals surface area contributed by atoms with Gasteiger partial charge in [0.1, 0.15) is 0 Å². The zero-order valence-corrected chi connectivity index (χ0v) is 12.6. The number of hydrogen-bond acceptors (Lipinski definition) is 3. The molecule has 0 unspecified atom stereocenters. The molecule has 0 radical (unpaired) electrons. The molecule has 1 N–H and O–H groups in total. The lowest BCUT2D eigenvalue weighted by atomic mass is 10.0. The van der Waals surface area contributed by atoms with Crippen LogP contribution in [-0.2, 0) is 11.2 Å². The van der Waals surface area contributed by atoms with Crippen LogP contribution in [-0.4, -0.2) is 24.2 Å². The monoisotopic (exact) mass is 302 g/mol. The molecule has 2 aromatic rings. The lowest BCUT2D eigenvalue weighted by Gasteiger charge is -2.20. The normalized spacial score (nSPS) is 21.6. The van der Waals surface area contributed by atoms with Gasteiger partial charge in [0.05, 0.1) is 6.10 Å². The number of aromatic nitrogens is 1. The predicted molar refractivity (Wildman–Crippen MR) is 84.5 cm³/mol. The highest BCUT2D eigenvalue weighted by molar-refractivity contribution is 6.30. The molecule has 1 aromatic heterocycles. The SMILES string of the molecule is Clc1ccc([C@@H]2OCC[C@@H]2NCCc2cccnc2)cc1. The molecular formula is C17H19ClN2O. The maximum atomic E-state index is 5.94. The van der Waals surface area contributed by atoms with E-state index in [4.69, 9.17) is 16.3 Å². The Morgan fingerprint density at radius 1 is 1.24 bits per heavy atom. The van der Waals surface area contributed by atoms with Crippen LogP contribution in [0, 0.1) is 0 Å². The average Bonchev–Trinajstić information content (AvgIpc) is 2.98. The first-order valence-electron chi connectivity index (χ1n) is 7.32. The summed E-state index contributed by atoms with van der Waals surface area (Å²) in [5.41, 5.74) is 2.45. The van der Waals surface area contributed by atoms with E-state index in [2.05, 4.69) is 16.4 Å². The summed E-state index contributed by atoms with van der Waals surface area (Å²) in [6.07, 6.45) is 5.87. The van der Waals surface area contributed by atoms with Gasteiger partial charge in [-0.1, -0.05) is 29.8 Å². The van der Waals surface area contributed by atoms with Crippen molar-refractivity contribution in [2.75, 3.05) is 13.2 Å². The van der Waals surface area contributed by atoms with Crippen molar-refractivity contribution in [1.82, 2.24) is 10.3 Å². The van der Waals surface area contributed by atoms with Crippen LogP contribution in [0.25, 0.3) is 0 Å². The quantitative estimate of drug-likeness (QED) is 0.919. The zero-order chi connectivity index (χ0) is 14.5. The highest BCUT2D eigenvalue weighted by Crippen LogP contribution is 2.29. The van der Waals surface area contributed by atoms with E-state index in [-0.39, 0.29) is 6.10 Å². The third kappa shape index (κ3) is 3.82. The van der Waals surface area contributed by atoms with Gasteiger partial charge in [0, 0.05) is 30.1 Å². The van der Waals surface area contributed by atoms with Crippen LogP contribution >= 0.6 is 11.6 Å². The van der Waals surface area contributed by atoms with Crippen LogP contribution in [0.2, 0.25) is 5.02 Å². The second kappa shape index (κ2) is 7.03. The van der Waals surface area contributed by atoms with Crippen molar-refractivity contribution in [3.63, 3.8) is 0 Å².